The number of carbonyl (C=O) groups is 1. The minimum absolute atomic E-state index is 0.0390. The van der Waals surface area contributed by atoms with Crippen LogP contribution in [0.5, 0.6) is 0 Å². The van der Waals surface area contributed by atoms with Crippen LogP contribution in [0.25, 0.3) is 0 Å². The number of nitrogens with zero attached hydrogens (tertiary/aromatic N) is 3. The quantitative estimate of drug-likeness (QED) is 0.841. The van der Waals surface area contributed by atoms with E-state index in [4.69, 9.17) is 5.11 Å². The van der Waals surface area contributed by atoms with Crippen LogP contribution in [0.15, 0.2) is 5.16 Å². The average Bonchev–Trinajstić information content (AvgIpc) is 2.91. The molecule has 1 aliphatic rings. The van der Waals surface area contributed by atoms with Crippen LogP contribution in [0.2, 0.25) is 0 Å². The summed E-state index contributed by atoms with van der Waals surface area (Å²) in [6.45, 7) is 6.46. The zero-order valence-corrected chi connectivity index (χ0v) is 12.5. The van der Waals surface area contributed by atoms with Crippen LogP contribution in [0.4, 0.5) is 0 Å². The van der Waals surface area contributed by atoms with Crippen LogP contribution in [-0.2, 0) is 4.79 Å². The van der Waals surface area contributed by atoms with Gasteiger partial charge in [-0.1, -0.05) is 39.0 Å². The summed E-state index contributed by atoms with van der Waals surface area (Å²) in [5.74, 6) is 1.12. The van der Waals surface area contributed by atoms with Crippen molar-refractivity contribution >= 4 is 17.7 Å². The highest BCUT2D eigenvalue weighted by Crippen LogP contribution is 2.39. The molecule has 1 fully saturated rings. The van der Waals surface area contributed by atoms with Crippen molar-refractivity contribution in [3.63, 3.8) is 0 Å². The predicted octanol–water partition coefficient (Wildman–Crippen LogP) is 2.94. The van der Waals surface area contributed by atoms with Crippen molar-refractivity contribution in [2.75, 3.05) is 5.75 Å². The fourth-order valence-corrected chi connectivity index (χ4v) is 3.45. The van der Waals surface area contributed by atoms with Gasteiger partial charge in [-0.2, -0.15) is 0 Å². The minimum Gasteiger partial charge on any atom is -0.481 e. The minimum atomic E-state index is -0.815. The molecule has 0 saturated heterocycles. The molecule has 0 aliphatic heterocycles. The highest BCUT2D eigenvalue weighted by molar-refractivity contribution is 7.99. The van der Waals surface area contributed by atoms with Crippen molar-refractivity contribution in [3.8, 4) is 0 Å². The topological polar surface area (TPSA) is 68.0 Å². The average molecular weight is 283 g/mol. The lowest BCUT2D eigenvalue weighted by atomic mass is 10.1. The molecule has 1 aliphatic carbocycles. The Hall–Kier alpha value is -1.04. The molecule has 0 spiro atoms. The Morgan fingerprint density at radius 2 is 2.21 bits per heavy atom. The molecule has 6 heteroatoms. The third-order valence-corrected chi connectivity index (χ3v) is 4.61. The SMILES string of the molecule is CC(C)c1nnc(SCC(=O)O)n1C1CCCC1C. The molecule has 0 radical (unpaired) electrons. The van der Waals surface area contributed by atoms with Gasteiger partial charge in [0.05, 0.1) is 5.75 Å². The standard InChI is InChI=1S/C13H21N3O2S/c1-8(2)12-14-15-13(19-7-11(17)18)16(12)10-6-4-5-9(10)3/h8-10H,4-7H2,1-3H3,(H,17,18). The van der Waals surface area contributed by atoms with Gasteiger partial charge in [0.2, 0.25) is 0 Å². The Kier molecular flexibility index (Phi) is 4.50. The first kappa shape index (κ1) is 14.4. The van der Waals surface area contributed by atoms with E-state index < -0.39 is 5.97 Å². The summed E-state index contributed by atoms with van der Waals surface area (Å²) in [5.41, 5.74) is 0. The van der Waals surface area contributed by atoms with Gasteiger partial charge in [0.15, 0.2) is 5.16 Å². The van der Waals surface area contributed by atoms with E-state index in [0.29, 0.717) is 17.9 Å². The molecule has 106 valence electrons. The largest absolute Gasteiger partial charge is 0.481 e. The molecule has 1 aromatic rings. The first-order chi connectivity index (χ1) is 9.00. The maximum Gasteiger partial charge on any atom is 0.313 e. The summed E-state index contributed by atoms with van der Waals surface area (Å²) in [7, 11) is 0. The van der Waals surface area contributed by atoms with Gasteiger partial charge in [0.25, 0.3) is 0 Å². The smallest absolute Gasteiger partial charge is 0.313 e. The van der Waals surface area contributed by atoms with Gasteiger partial charge in [-0.15, -0.1) is 10.2 Å². The fourth-order valence-electron chi connectivity index (χ4n) is 2.73. The van der Waals surface area contributed by atoms with Gasteiger partial charge in [0.1, 0.15) is 5.82 Å². The Labute approximate surface area is 117 Å². The van der Waals surface area contributed by atoms with E-state index in [9.17, 15) is 4.79 Å². The molecule has 0 aromatic carbocycles. The summed E-state index contributed by atoms with van der Waals surface area (Å²) < 4.78 is 2.19. The van der Waals surface area contributed by atoms with E-state index in [2.05, 4.69) is 35.5 Å². The van der Waals surface area contributed by atoms with Crippen LogP contribution < -0.4 is 0 Å². The number of hydrogen-bond donors (Lipinski definition) is 1. The monoisotopic (exact) mass is 283 g/mol. The van der Waals surface area contributed by atoms with E-state index >= 15 is 0 Å². The molecule has 0 bridgehead atoms. The summed E-state index contributed by atoms with van der Waals surface area (Å²) in [5, 5.41) is 18.0. The lowest BCUT2D eigenvalue weighted by Gasteiger charge is -2.22. The van der Waals surface area contributed by atoms with Crippen molar-refractivity contribution in [2.24, 2.45) is 5.92 Å². The molecular formula is C13H21N3O2S. The van der Waals surface area contributed by atoms with E-state index in [1.807, 2.05) is 0 Å². The second-order valence-electron chi connectivity index (χ2n) is 5.52. The van der Waals surface area contributed by atoms with Gasteiger partial charge in [-0.05, 0) is 18.8 Å². The summed E-state index contributed by atoms with van der Waals surface area (Å²) in [6.07, 6.45) is 3.59. The molecule has 2 atom stereocenters. The highest BCUT2D eigenvalue weighted by atomic mass is 32.2. The van der Waals surface area contributed by atoms with Crippen LogP contribution in [0.3, 0.4) is 0 Å². The fraction of sp³-hybridized carbons (Fsp3) is 0.769. The predicted molar refractivity (Wildman–Crippen MR) is 74.5 cm³/mol. The first-order valence-electron chi connectivity index (χ1n) is 6.80. The highest BCUT2D eigenvalue weighted by Gasteiger charge is 2.30. The van der Waals surface area contributed by atoms with Crippen molar-refractivity contribution in [1.82, 2.24) is 14.8 Å². The lowest BCUT2D eigenvalue weighted by molar-refractivity contribution is -0.133. The van der Waals surface area contributed by atoms with Crippen molar-refractivity contribution in [2.45, 2.75) is 57.1 Å². The Balaban J connectivity index is 2.30. The molecule has 19 heavy (non-hydrogen) atoms. The number of rotatable bonds is 5. The number of aromatic nitrogens is 3. The van der Waals surface area contributed by atoms with Crippen LogP contribution >= 0.6 is 11.8 Å². The second-order valence-corrected chi connectivity index (χ2v) is 6.47. The Morgan fingerprint density at radius 1 is 1.47 bits per heavy atom. The van der Waals surface area contributed by atoms with Crippen molar-refractivity contribution < 1.29 is 9.90 Å². The normalized spacial score (nSPS) is 23.2. The number of thioether (sulfide) groups is 1. The molecular weight excluding hydrogens is 262 g/mol. The Bertz CT molecular complexity index is 459. The molecule has 2 unspecified atom stereocenters. The maximum atomic E-state index is 10.7. The molecule has 1 heterocycles. The van der Waals surface area contributed by atoms with Crippen LogP contribution in [0.1, 0.15) is 57.8 Å². The van der Waals surface area contributed by atoms with Crippen LogP contribution in [-0.4, -0.2) is 31.6 Å². The third kappa shape index (κ3) is 3.11. The number of carboxylic acid groups (broad SMARTS) is 1. The van der Waals surface area contributed by atoms with Crippen LogP contribution in [0, 0.1) is 5.92 Å². The summed E-state index contributed by atoms with van der Waals surface area (Å²) in [4.78, 5) is 10.7. The molecule has 1 aromatic heterocycles. The number of carboxylic acids is 1. The number of aliphatic carboxylic acids is 1. The van der Waals surface area contributed by atoms with E-state index in [-0.39, 0.29) is 5.75 Å². The molecule has 1 N–H and O–H groups in total. The van der Waals surface area contributed by atoms with E-state index in [1.165, 1.54) is 24.6 Å². The van der Waals surface area contributed by atoms with E-state index in [0.717, 1.165) is 17.4 Å². The van der Waals surface area contributed by atoms with Gasteiger partial charge < -0.3 is 9.67 Å². The first-order valence-corrected chi connectivity index (χ1v) is 7.78. The van der Waals surface area contributed by atoms with Crippen molar-refractivity contribution in [1.29, 1.82) is 0 Å². The maximum absolute atomic E-state index is 10.7. The molecule has 2 rings (SSSR count). The second kappa shape index (κ2) is 5.94. The zero-order valence-electron chi connectivity index (χ0n) is 11.7. The number of hydrogen-bond acceptors (Lipinski definition) is 4. The molecule has 5 nitrogen and oxygen atoms in total. The van der Waals surface area contributed by atoms with Gasteiger partial charge >= 0.3 is 5.97 Å². The summed E-state index contributed by atoms with van der Waals surface area (Å²) in [6, 6.07) is 0.420. The molecule has 1 saturated carbocycles. The molecule has 0 amide bonds. The van der Waals surface area contributed by atoms with Gasteiger partial charge in [-0.3, -0.25) is 4.79 Å². The van der Waals surface area contributed by atoms with Gasteiger partial charge in [0, 0.05) is 12.0 Å². The lowest BCUT2D eigenvalue weighted by Crippen LogP contribution is -2.17. The van der Waals surface area contributed by atoms with Crippen molar-refractivity contribution in [3.05, 3.63) is 5.82 Å². The third-order valence-electron chi connectivity index (χ3n) is 3.68. The van der Waals surface area contributed by atoms with Gasteiger partial charge in [-0.25, -0.2) is 0 Å². The Morgan fingerprint density at radius 3 is 2.74 bits per heavy atom. The zero-order chi connectivity index (χ0) is 14.0. The van der Waals surface area contributed by atoms with E-state index in [1.54, 1.807) is 0 Å². The summed E-state index contributed by atoms with van der Waals surface area (Å²) >= 11 is 1.27.